The predicted molar refractivity (Wildman–Crippen MR) is 303 cm³/mol. The summed E-state index contributed by atoms with van der Waals surface area (Å²) in [5.74, 6) is 0. The minimum atomic E-state index is 1.04. The van der Waals surface area contributed by atoms with Crippen LogP contribution in [0.4, 0.5) is 0 Å². The molecule has 0 bridgehead atoms. The molecule has 0 spiro atoms. The van der Waals surface area contributed by atoms with Crippen molar-refractivity contribution in [2.45, 2.75) is 0 Å². The average Bonchev–Trinajstić information content (AvgIpc) is 4.02. The maximum Gasteiger partial charge on any atom is 0.0717 e. The molecule has 284 valence electrons. The Bertz CT molecular complexity index is 1560. The van der Waals surface area contributed by atoms with Gasteiger partial charge in [0.15, 0.2) is 0 Å². The van der Waals surface area contributed by atoms with Crippen molar-refractivity contribution < 1.29 is 0 Å². The Hall–Kier alpha value is 6.06. The summed E-state index contributed by atoms with van der Waals surface area (Å²) in [7, 11) is 0. The molecule has 0 fully saturated rings. The molecule has 0 radical (unpaired) electrons. The lowest BCUT2D eigenvalue weighted by atomic mass is 11.2. The smallest absolute Gasteiger partial charge is 0.0717 e. The van der Waals surface area contributed by atoms with Crippen molar-refractivity contribution in [2.24, 2.45) is 0 Å². The van der Waals surface area contributed by atoms with Crippen LogP contribution in [0.2, 0.25) is 0 Å². The third-order valence-corrected chi connectivity index (χ3v) is 39.7. The van der Waals surface area contributed by atoms with E-state index in [1.807, 2.05) is 282 Å². The predicted octanol–water partition coefficient (Wildman–Crippen LogP) is 19.8. The lowest BCUT2D eigenvalue weighted by molar-refractivity contribution is 2.19. The summed E-state index contributed by atoms with van der Waals surface area (Å²) >= 11 is 47.0. The lowest BCUT2D eigenvalue weighted by Crippen LogP contribution is -1.75. The van der Waals surface area contributed by atoms with Crippen molar-refractivity contribution in [2.75, 3.05) is 60.2 Å². The summed E-state index contributed by atoms with van der Waals surface area (Å²) in [4.78, 5) is 0. The molecule has 52 heavy (non-hydrogen) atoms. The molecule has 0 N–H and O–H groups in total. The van der Waals surface area contributed by atoms with Crippen LogP contribution < -0.4 is 0 Å². The standard InChI is InChI=1S/C28H28S24/c1-29-11-12(30-2)42-23(41-11)25-45-15(33-5)19(49-25)37-9-39-21-17(35-7)47-27(51-21)28-48-18(36-8)22(52-28)40-10-38-20-16(34-6)46-26(50-20)24-43-13(31-3)14(32-4)44-24/h9-10H2,1-8H3/b28-27+. The summed E-state index contributed by atoms with van der Waals surface area (Å²) in [5, 5.41) is 2.08. The molecule has 24 heteroatoms. The van der Waals surface area contributed by atoms with Crippen LogP contribution in [0.25, 0.3) is 0 Å². The van der Waals surface area contributed by atoms with Crippen LogP contribution in [0.1, 0.15) is 0 Å². The molecule has 0 aromatic heterocycles. The SMILES string of the molecule is CSC1=C(SC)SC(=C2SC(SC)=C(SCSC3=C(SC)S/C(=C4/SC(SC)=C(SCSC5=C(SC)SC(=C6SC(SC)=C(SC)S6)S5)S4)S3)S2)S1. The van der Waals surface area contributed by atoms with Gasteiger partial charge in [-0.2, -0.15) is 0 Å². The minimum Gasteiger partial charge on any atom is -0.121 e. The van der Waals surface area contributed by atoms with E-state index in [9.17, 15) is 0 Å². The van der Waals surface area contributed by atoms with Gasteiger partial charge >= 0.3 is 0 Å². The van der Waals surface area contributed by atoms with Crippen LogP contribution in [-0.4, -0.2) is 60.2 Å². The molecule has 0 amide bonds. The van der Waals surface area contributed by atoms with Crippen molar-refractivity contribution in [1.29, 1.82) is 0 Å². The first kappa shape index (κ1) is 47.5. The Labute approximate surface area is 411 Å². The van der Waals surface area contributed by atoms with Crippen LogP contribution in [-0.2, 0) is 0 Å². The molecule has 0 saturated carbocycles. The van der Waals surface area contributed by atoms with E-state index in [0.29, 0.717) is 0 Å². The van der Waals surface area contributed by atoms with E-state index in [0.717, 1.165) is 10.2 Å². The summed E-state index contributed by atoms with van der Waals surface area (Å²) < 4.78 is 26.3. The van der Waals surface area contributed by atoms with Crippen molar-refractivity contribution in [3.63, 3.8) is 0 Å². The van der Waals surface area contributed by atoms with E-state index in [4.69, 9.17) is 0 Å². The number of hydrogen-bond acceptors (Lipinski definition) is 24. The Morgan fingerprint density at radius 1 is 0.231 bits per heavy atom. The van der Waals surface area contributed by atoms with Crippen molar-refractivity contribution >= 4 is 282 Å². The van der Waals surface area contributed by atoms with Gasteiger partial charge in [-0.1, -0.05) is 141 Å². The third-order valence-electron chi connectivity index (χ3n) is 5.97. The van der Waals surface area contributed by atoms with Crippen LogP contribution in [0.15, 0.2) is 76.3 Å². The monoisotopic (exact) mass is 1130 g/mol. The molecule has 0 aromatic carbocycles. The van der Waals surface area contributed by atoms with Crippen LogP contribution in [0, 0.1) is 0 Å². The van der Waals surface area contributed by atoms with E-state index in [-0.39, 0.29) is 0 Å². The van der Waals surface area contributed by atoms with Crippen LogP contribution >= 0.6 is 282 Å². The van der Waals surface area contributed by atoms with Gasteiger partial charge in [0, 0.05) is 10.2 Å². The maximum atomic E-state index is 2.23. The fraction of sp³-hybridized carbons (Fsp3) is 0.357. The van der Waals surface area contributed by atoms with Gasteiger partial charge in [-0.3, -0.25) is 0 Å². The topological polar surface area (TPSA) is 0 Å². The first-order chi connectivity index (χ1) is 25.4. The maximum absolute atomic E-state index is 2.23. The summed E-state index contributed by atoms with van der Waals surface area (Å²) in [5.41, 5.74) is 0. The normalized spacial score (nSPS) is 23.1. The number of thioether (sulfide) groups is 24. The lowest BCUT2D eigenvalue weighted by Gasteiger charge is -2.06. The quantitative estimate of drug-likeness (QED) is 0.135. The summed E-state index contributed by atoms with van der Waals surface area (Å²) in [6, 6.07) is 0. The van der Waals surface area contributed by atoms with E-state index in [1.165, 1.54) is 76.3 Å². The molecular weight excluding hydrogens is 1110 g/mol. The Balaban J connectivity index is 1.01. The molecule has 6 rings (SSSR count). The zero-order valence-corrected chi connectivity index (χ0v) is 47.8. The molecular formula is C28H28S24. The molecule has 0 aliphatic carbocycles. The third kappa shape index (κ3) is 12.2. The molecule has 0 nitrogen and oxygen atoms in total. The Kier molecular flexibility index (Phi) is 22.1. The van der Waals surface area contributed by atoms with Gasteiger partial charge in [0.25, 0.3) is 0 Å². The number of hydrogen-bond donors (Lipinski definition) is 0. The van der Waals surface area contributed by atoms with Gasteiger partial charge in [-0.15, -0.1) is 141 Å². The average molecular weight is 1130 g/mol. The highest BCUT2D eigenvalue weighted by molar-refractivity contribution is 8.49. The second-order valence-corrected chi connectivity index (χ2v) is 36.9. The van der Waals surface area contributed by atoms with Gasteiger partial charge in [-0.05, 0) is 50.0 Å². The van der Waals surface area contributed by atoms with Gasteiger partial charge in [0.05, 0.1) is 76.3 Å². The van der Waals surface area contributed by atoms with Gasteiger partial charge in [-0.25, -0.2) is 0 Å². The minimum absolute atomic E-state index is 1.04. The molecule has 0 atom stereocenters. The van der Waals surface area contributed by atoms with Crippen LogP contribution in [0.5, 0.6) is 0 Å². The van der Waals surface area contributed by atoms with Crippen molar-refractivity contribution in [1.82, 2.24) is 0 Å². The largest absolute Gasteiger partial charge is 0.121 e. The van der Waals surface area contributed by atoms with E-state index < -0.39 is 0 Å². The highest BCUT2D eigenvalue weighted by Crippen LogP contribution is 2.69. The molecule has 6 aliphatic heterocycles. The molecule has 0 saturated heterocycles. The zero-order chi connectivity index (χ0) is 36.8. The van der Waals surface area contributed by atoms with E-state index in [2.05, 4.69) is 50.0 Å². The van der Waals surface area contributed by atoms with Crippen molar-refractivity contribution in [3.8, 4) is 0 Å². The van der Waals surface area contributed by atoms with Gasteiger partial charge in [0.2, 0.25) is 0 Å². The second kappa shape index (κ2) is 24.2. The number of rotatable bonds is 16. The first-order valence-electron chi connectivity index (χ1n) is 14.0. The molecule has 6 heterocycles. The fourth-order valence-corrected chi connectivity index (χ4v) is 37.4. The molecule has 0 aromatic rings. The van der Waals surface area contributed by atoms with Gasteiger partial charge < -0.3 is 0 Å². The Morgan fingerprint density at radius 3 is 0.519 bits per heavy atom. The second-order valence-electron chi connectivity index (χ2n) is 8.85. The first-order valence-corrected chi connectivity index (χ1v) is 37.6. The van der Waals surface area contributed by atoms with E-state index >= 15 is 0 Å². The zero-order valence-electron chi connectivity index (χ0n) is 28.2. The van der Waals surface area contributed by atoms with Crippen LogP contribution in [0.3, 0.4) is 0 Å². The highest BCUT2D eigenvalue weighted by atomic mass is 32.3. The van der Waals surface area contributed by atoms with E-state index in [1.54, 1.807) is 0 Å². The molecule has 0 unspecified atom stereocenters. The summed E-state index contributed by atoms with van der Waals surface area (Å²) in [6.45, 7) is 0. The highest BCUT2D eigenvalue weighted by Gasteiger charge is 2.33. The van der Waals surface area contributed by atoms with Gasteiger partial charge in [0.1, 0.15) is 0 Å². The molecule has 6 aliphatic rings. The summed E-state index contributed by atoms with van der Waals surface area (Å²) in [6.07, 6.45) is 17.7. The fourth-order valence-electron chi connectivity index (χ4n) is 3.76. The Morgan fingerprint density at radius 2 is 0.365 bits per heavy atom. The van der Waals surface area contributed by atoms with Crippen molar-refractivity contribution in [3.05, 3.63) is 76.3 Å².